The second-order valence-corrected chi connectivity index (χ2v) is 11.1. The van der Waals surface area contributed by atoms with E-state index < -0.39 is 17.3 Å². The van der Waals surface area contributed by atoms with Gasteiger partial charge in [-0.1, -0.05) is 38.4 Å². The van der Waals surface area contributed by atoms with Crippen LogP contribution in [-0.4, -0.2) is 50.5 Å². The summed E-state index contributed by atoms with van der Waals surface area (Å²) in [6, 6.07) is 9.67. The van der Waals surface area contributed by atoms with Crippen LogP contribution >= 0.6 is 11.6 Å². The van der Waals surface area contributed by atoms with Crippen molar-refractivity contribution in [2.24, 2.45) is 0 Å². The fraction of sp³-hybridized carbons (Fsp3) is 0.333. The highest BCUT2D eigenvalue weighted by Crippen LogP contribution is 2.36. The summed E-state index contributed by atoms with van der Waals surface area (Å²) in [7, 11) is 0. The van der Waals surface area contributed by atoms with E-state index in [0.29, 0.717) is 41.3 Å². The molecule has 0 bridgehead atoms. The lowest BCUT2D eigenvalue weighted by Gasteiger charge is -2.44. The molecule has 1 N–H and O–H groups in total. The van der Waals surface area contributed by atoms with Crippen molar-refractivity contribution in [3.05, 3.63) is 64.8 Å². The van der Waals surface area contributed by atoms with Crippen LogP contribution in [0, 0.1) is 5.82 Å². The first kappa shape index (κ1) is 25.0. The largest absolute Gasteiger partial charge is 0.449 e. The number of pyridine rings is 1. The monoisotopic (exact) mass is 523 g/mol. The van der Waals surface area contributed by atoms with Gasteiger partial charge in [-0.15, -0.1) is 0 Å². The van der Waals surface area contributed by atoms with Gasteiger partial charge >= 0.3 is 0 Å². The molecule has 1 aliphatic heterocycles. The number of nitrogens with zero attached hydrogens (tertiary/aromatic N) is 4. The molecule has 4 aromatic rings. The number of hydrogen-bond donors (Lipinski definition) is 1. The van der Waals surface area contributed by atoms with Gasteiger partial charge in [-0.05, 0) is 37.5 Å². The van der Waals surface area contributed by atoms with Crippen LogP contribution in [0.5, 0.6) is 0 Å². The molecule has 0 aliphatic carbocycles. The summed E-state index contributed by atoms with van der Waals surface area (Å²) >= 11 is 5.87. The third-order valence-electron chi connectivity index (χ3n) is 6.73. The number of fused-ring (bicyclic) bond motifs is 1. The molecule has 37 heavy (non-hydrogen) atoms. The number of aromatic nitrogens is 3. The molecule has 10 heteroatoms. The summed E-state index contributed by atoms with van der Waals surface area (Å²) in [5.74, 6) is -0.502. The Kier molecular flexibility index (Phi) is 5.86. The maximum absolute atomic E-state index is 14.2. The Balaban J connectivity index is 1.55. The predicted molar refractivity (Wildman–Crippen MR) is 139 cm³/mol. The molecule has 0 radical (unpaired) electrons. The van der Waals surface area contributed by atoms with Crippen LogP contribution in [0.4, 0.5) is 10.2 Å². The Morgan fingerprint density at radius 1 is 1.16 bits per heavy atom. The number of hydrogen-bond acceptors (Lipinski definition) is 5. The number of nitrogens with one attached hydrogen (secondary N) is 1. The topological polar surface area (TPSA) is 95.3 Å². The molecule has 0 spiro atoms. The zero-order valence-corrected chi connectivity index (χ0v) is 22.0. The summed E-state index contributed by atoms with van der Waals surface area (Å²) in [4.78, 5) is 34.8. The molecule has 0 unspecified atom stereocenters. The van der Waals surface area contributed by atoms with E-state index in [2.05, 4.69) is 15.2 Å². The number of carbonyl (C=O) groups is 2. The molecule has 0 saturated carbocycles. The zero-order chi connectivity index (χ0) is 26.7. The molecule has 192 valence electrons. The van der Waals surface area contributed by atoms with Crippen LogP contribution in [0.1, 0.15) is 50.7 Å². The highest BCUT2D eigenvalue weighted by atomic mass is 35.5. The van der Waals surface area contributed by atoms with E-state index in [-0.39, 0.29) is 22.1 Å². The number of anilines is 1. The van der Waals surface area contributed by atoms with Gasteiger partial charge < -0.3 is 9.32 Å². The predicted octanol–water partition coefficient (Wildman–Crippen LogP) is 5.58. The fourth-order valence-electron chi connectivity index (χ4n) is 4.63. The summed E-state index contributed by atoms with van der Waals surface area (Å²) < 4.78 is 20.3. The first-order chi connectivity index (χ1) is 17.4. The van der Waals surface area contributed by atoms with Crippen molar-refractivity contribution in [3.63, 3.8) is 0 Å². The number of piperazine rings is 1. The Morgan fingerprint density at radius 2 is 1.92 bits per heavy atom. The molecule has 4 heterocycles. The van der Waals surface area contributed by atoms with Crippen molar-refractivity contribution >= 4 is 40.3 Å². The first-order valence-electron chi connectivity index (χ1n) is 11.9. The van der Waals surface area contributed by atoms with E-state index in [9.17, 15) is 14.0 Å². The van der Waals surface area contributed by atoms with Crippen molar-refractivity contribution in [1.82, 2.24) is 20.1 Å². The van der Waals surface area contributed by atoms with Gasteiger partial charge in [0, 0.05) is 36.3 Å². The van der Waals surface area contributed by atoms with Crippen LogP contribution in [-0.2, 0) is 10.2 Å². The maximum atomic E-state index is 14.2. The number of furan rings is 1. The van der Waals surface area contributed by atoms with Crippen LogP contribution < -0.4 is 4.90 Å². The SMILES string of the molecule is CC(C)(C)c1cc(-c2ccc(Cl)c(F)c2)nc2cc(C(=O)N3CCN(c4ccn[nH]4)C(=O)C3(C)C)oc12. The van der Waals surface area contributed by atoms with E-state index in [1.807, 2.05) is 26.8 Å². The lowest BCUT2D eigenvalue weighted by molar-refractivity contribution is -0.129. The third-order valence-corrected chi connectivity index (χ3v) is 7.03. The molecule has 1 aliphatic rings. The zero-order valence-electron chi connectivity index (χ0n) is 21.2. The van der Waals surface area contributed by atoms with E-state index in [1.54, 1.807) is 43.1 Å². The smallest absolute Gasteiger partial charge is 0.290 e. The van der Waals surface area contributed by atoms with E-state index in [1.165, 1.54) is 17.0 Å². The lowest BCUT2D eigenvalue weighted by Crippen LogP contribution is -2.64. The normalized spacial score (nSPS) is 16.0. The number of aromatic amines is 1. The molecular weight excluding hydrogens is 497 g/mol. The van der Waals surface area contributed by atoms with E-state index in [0.717, 1.165) is 5.56 Å². The Hall–Kier alpha value is -3.72. The Bertz CT molecular complexity index is 1520. The molecule has 0 atom stereocenters. The maximum Gasteiger partial charge on any atom is 0.290 e. The van der Waals surface area contributed by atoms with Gasteiger partial charge in [0.25, 0.3) is 11.8 Å². The molecule has 5 rings (SSSR count). The second-order valence-electron chi connectivity index (χ2n) is 10.7. The number of halogens is 2. The van der Waals surface area contributed by atoms with E-state index in [4.69, 9.17) is 16.0 Å². The summed E-state index contributed by atoms with van der Waals surface area (Å²) in [6.45, 7) is 10.1. The summed E-state index contributed by atoms with van der Waals surface area (Å²) in [5.41, 5.74) is 1.40. The van der Waals surface area contributed by atoms with Gasteiger partial charge in [0.2, 0.25) is 0 Å². The molecule has 2 amide bonds. The van der Waals surface area contributed by atoms with Crippen LogP contribution in [0.2, 0.25) is 5.02 Å². The quantitative estimate of drug-likeness (QED) is 0.378. The Morgan fingerprint density at radius 3 is 2.57 bits per heavy atom. The number of carbonyl (C=O) groups excluding carboxylic acids is 2. The average Bonchev–Trinajstić information content (AvgIpc) is 3.51. The van der Waals surface area contributed by atoms with Crippen molar-refractivity contribution in [3.8, 4) is 11.3 Å². The van der Waals surface area contributed by atoms with Gasteiger partial charge in [0.05, 0.1) is 16.9 Å². The Labute approximate surface area is 218 Å². The van der Waals surface area contributed by atoms with Crippen molar-refractivity contribution < 1.29 is 18.4 Å². The van der Waals surface area contributed by atoms with Crippen molar-refractivity contribution in [2.45, 2.75) is 45.6 Å². The minimum Gasteiger partial charge on any atom is -0.449 e. The minimum absolute atomic E-state index is 0.0295. The number of amides is 2. The number of benzene rings is 1. The van der Waals surface area contributed by atoms with Gasteiger partial charge in [0.15, 0.2) is 11.3 Å². The van der Waals surface area contributed by atoms with Gasteiger partial charge in [-0.3, -0.25) is 19.6 Å². The average molecular weight is 524 g/mol. The molecule has 1 aromatic carbocycles. The molecule has 8 nitrogen and oxygen atoms in total. The summed E-state index contributed by atoms with van der Waals surface area (Å²) in [5, 5.41) is 6.76. The molecule has 1 fully saturated rings. The van der Waals surface area contributed by atoms with Crippen LogP contribution in [0.3, 0.4) is 0 Å². The lowest BCUT2D eigenvalue weighted by atomic mass is 9.86. The second kappa shape index (κ2) is 8.69. The summed E-state index contributed by atoms with van der Waals surface area (Å²) in [6.07, 6.45) is 1.58. The van der Waals surface area contributed by atoms with Crippen LogP contribution in [0.15, 0.2) is 47.0 Å². The highest BCUT2D eigenvalue weighted by Gasteiger charge is 2.46. The van der Waals surface area contributed by atoms with Gasteiger partial charge in [-0.25, -0.2) is 9.37 Å². The third kappa shape index (κ3) is 4.27. The molecule has 3 aromatic heterocycles. The fourth-order valence-corrected chi connectivity index (χ4v) is 4.75. The minimum atomic E-state index is -1.12. The highest BCUT2D eigenvalue weighted by molar-refractivity contribution is 6.30. The van der Waals surface area contributed by atoms with Crippen molar-refractivity contribution in [1.29, 1.82) is 0 Å². The van der Waals surface area contributed by atoms with E-state index >= 15 is 0 Å². The van der Waals surface area contributed by atoms with Crippen molar-refractivity contribution in [2.75, 3.05) is 18.0 Å². The number of rotatable bonds is 3. The first-order valence-corrected chi connectivity index (χ1v) is 12.3. The molecular formula is C27H27ClFN5O3. The van der Waals surface area contributed by atoms with Gasteiger partial charge in [-0.2, -0.15) is 5.10 Å². The standard InChI is InChI=1S/C27H27ClFN5O3/c1-26(2,3)16-13-19(15-6-7-17(28)18(29)12-15)31-20-14-21(37-23(16)20)24(35)34-11-10-33(22-8-9-30-32-22)25(36)27(34,4)5/h6-9,12-14H,10-11H2,1-5H3,(H,30,32). The van der Waals surface area contributed by atoms with Crippen LogP contribution in [0.25, 0.3) is 22.4 Å². The van der Waals surface area contributed by atoms with Gasteiger partial charge in [0.1, 0.15) is 22.7 Å². The molecule has 1 saturated heterocycles. The number of H-pyrrole nitrogens is 1.